The Morgan fingerprint density at radius 2 is 2.11 bits per heavy atom. The van der Waals surface area contributed by atoms with E-state index < -0.39 is 0 Å². The van der Waals surface area contributed by atoms with Crippen LogP contribution in [0.4, 0.5) is 0 Å². The number of amides is 1. The molecule has 0 spiro atoms. The van der Waals surface area contributed by atoms with E-state index in [0.717, 1.165) is 18.7 Å². The molecule has 0 aromatic heterocycles. The van der Waals surface area contributed by atoms with Gasteiger partial charge in [0.05, 0.1) is 5.60 Å². The van der Waals surface area contributed by atoms with Crippen molar-refractivity contribution in [2.45, 2.75) is 19.1 Å². The Kier molecular flexibility index (Phi) is 4.22. The van der Waals surface area contributed by atoms with Crippen LogP contribution in [0, 0.1) is 0 Å². The minimum atomic E-state index is -0.183. The zero-order valence-electron chi connectivity index (χ0n) is 10.3. The molecule has 1 aromatic rings. The highest BCUT2D eigenvalue weighted by Crippen LogP contribution is 2.14. The molecule has 0 bridgehead atoms. The highest BCUT2D eigenvalue weighted by molar-refractivity contribution is 6.30. The van der Waals surface area contributed by atoms with Gasteiger partial charge in [-0.3, -0.25) is 4.79 Å². The fraction of sp³-hybridized carbons (Fsp3) is 0.462. The monoisotopic (exact) mass is 268 g/mol. The van der Waals surface area contributed by atoms with Gasteiger partial charge in [0.25, 0.3) is 0 Å². The van der Waals surface area contributed by atoms with Gasteiger partial charge < -0.3 is 15.4 Å². The molecular weight excluding hydrogens is 252 g/mol. The maximum atomic E-state index is 11.6. The van der Waals surface area contributed by atoms with E-state index >= 15 is 0 Å². The minimum Gasteiger partial charge on any atom is -0.363 e. The van der Waals surface area contributed by atoms with Crippen LogP contribution in [0.1, 0.15) is 12.5 Å². The van der Waals surface area contributed by atoms with E-state index in [-0.39, 0.29) is 18.1 Å². The number of hydrogen-bond acceptors (Lipinski definition) is 3. The first-order valence-electron chi connectivity index (χ1n) is 5.93. The summed E-state index contributed by atoms with van der Waals surface area (Å²) in [6.07, 6.45) is 0. The summed E-state index contributed by atoms with van der Waals surface area (Å²) in [4.78, 5) is 11.6. The molecule has 0 radical (unpaired) electrons. The van der Waals surface area contributed by atoms with Crippen molar-refractivity contribution in [3.63, 3.8) is 0 Å². The summed E-state index contributed by atoms with van der Waals surface area (Å²) in [7, 11) is 0. The van der Waals surface area contributed by atoms with E-state index in [9.17, 15) is 4.79 Å². The summed E-state index contributed by atoms with van der Waals surface area (Å²) in [5.74, 6) is -0.0990. The maximum Gasteiger partial charge on any atom is 0.246 e. The van der Waals surface area contributed by atoms with E-state index in [1.54, 1.807) is 12.1 Å². The molecule has 98 valence electrons. The lowest BCUT2D eigenvalue weighted by Gasteiger charge is -2.38. The Balaban J connectivity index is 1.69. The third kappa shape index (κ3) is 3.70. The topological polar surface area (TPSA) is 50.4 Å². The number of carbonyl (C=O) groups is 1. The number of ether oxygens (including phenoxy) is 1. The SMILES string of the molecule is CC1(OCC(=O)NCc2ccc(Cl)cc2)CNC1. The number of carbonyl (C=O) groups excluding carboxylic acids is 1. The normalized spacial score (nSPS) is 17.0. The molecule has 2 N–H and O–H groups in total. The van der Waals surface area contributed by atoms with Crippen LogP contribution < -0.4 is 10.6 Å². The molecule has 5 heteroatoms. The Morgan fingerprint density at radius 1 is 1.44 bits per heavy atom. The van der Waals surface area contributed by atoms with Crippen molar-refractivity contribution in [1.29, 1.82) is 0 Å². The molecule has 0 atom stereocenters. The van der Waals surface area contributed by atoms with Gasteiger partial charge in [-0.05, 0) is 24.6 Å². The first-order chi connectivity index (χ1) is 8.57. The van der Waals surface area contributed by atoms with Gasteiger partial charge in [-0.2, -0.15) is 0 Å². The molecule has 0 saturated carbocycles. The van der Waals surface area contributed by atoms with Crippen LogP contribution in [-0.4, -0.2) is 31.2 Å². The van der Waals surface area contributed by atoms with Crippen LogP contribution in [0.25, 0.3) is 0 Å². The smallest absolute Gasteiger partial charge is 0.246 e. The molecular formula is C13H17ClN2O2. The predicted octanol–water partition coefficient (Wildman–Crippen LogP) is 1.33. The second-order valence-corrected chi connectivity index (χ2v) is 5.18. The molecule has 1 saturated heterocycles. The largest absolute Gasteiger partial charge is 0.363 e. The molecule has 1 aliphatic rings. The summed E-state index contributed by atoms with van der Waals surface area (Å²) in [6, 6.07) is 7.39. The molecule has 18 heavy (non-hydrogen) atoms. The van der Waals surface area contributed by atoms with Crippen molar-refractivity contribution in [3.8, 4) is 0 Å². The van der Waals surface area contributed by atoms with Crippen LogP contribution >= 0.6 is 11.6 Å². The molecule has 1 amide bonds. The van der Waals surface area contributed by atoms with Gasteiger partial charge in [0.15, 0.2) is 0 Å². The molecule has 1 heterocycles. The molecule has 2 rings (SSSR count). The third-order valence-corrected chi connectivity index (χ3v) is 3.20. The summed E-state index contributed by atoms with van der Waals surface area (Å²) < 4.78 is 5.54. The third-order valence-electron chi connectivity index (χ3n) is 2.95. The van der Waals surface area contributed by atoms with Gasteiger partial charge in [-0.25, -0.2) is 0 Å². The molecule has 0 aliphatic carbocycles. The summed E-state index contributed by atoms with van der Waals surface area (Å²) in [6.45, 7) is 4.20. The van der Waals surface area contributed by atoms with E-state index in [4.69, 9.17) is 16.3 Å². The van der Waals surface area contributed by atoms with Crippen molar-refractivity contribution >= 4 is 17.5 Å². The molecule has 1 fully saturated rings. The van der Waals surface area contributed by atoms with E-state index in [2.05, 4.69) is 10.6 Å². The highest BCUT2D eigenvalue weighted by Gasteiger charge is 2.32. The maximum absolute atomic E-state index is 11.6. The van der Waals surface area contributed by atoms with Crippen LogP contribution in [0.15, 0.2) is 24.3 Å². The highest BCUT2D eigenvalue weighted by atomic mass is 35.5. The van der Waals surface area contributed by atoms with Crippen molar-refractivity contribution in [2.24, 2.45) is 0 Å². The zero-order valence-corrected chi connectivity index (χ0v) is 11.1. The van der Waals surface area contributed by atoms with Crippen LogP contribution in [0.3, 0.4) is 0 Å². The van der Waals surface area contributed by atoms with Gasteiger partial charge in [-0.1, -0.05) is 23.7 Å². The van der Waals surface area contributed by atoms with Crippen LogP contribution in [0.5, 0.6) is 0 Å². The Bertz CT molecular complexity index is 416. The van der Waals surface area contributed by atoms with E-state index in [0.29, 0.717) is 11.6 Å². The second-order valence-electron chi connectivity index (χ2n) is 4.75. The van der Waals surface area contributed by atoms with Gasteiger partial charge in [-0.15, -0.1) is 0 Å². The lowest BCUT2D eigenvalue weighted by atomic mass is 10.0. The van der Waals surface area contributed by atoms with Crippen molar-refractivity contribution in [2.75, 3.05) is 19.7 Å². The summed E-state index contributed by atoms with van der Waals surface area (Å²) in [5, 5.41) is 6.62. The fourth-order valence-electron chi connectivity index (χ4n) is 1.67. The fourth-order valence-corrected chi connectivity index (χ4v) is 1.80. The zero-order chi connectivity index (χ0) is 13.0. The first kappa shape index (κ1) is 13.3. The van der Waals surface area contributed by atoms with Crippen LogP contribution in [0.2, 0.25) is 5.02 Å². The Labute approximate surface area is 112 Å². The van der Waals surface area contributed by atoms with Crippen molar-refractivity contribution < 1.29 is 9.53 Å². The first-order valence-corrected chi connectivity index (χ1v) is 6.31. The molecule has 1 aromatic carbocycles. The Morgan fingerprint density at radius 3 is 2.67 bits per heavy atom. The minimum absolute atomic E-state index is 0.0990. The van der Waals surface area contributed by atoms with E-state index in [1.807, 2.05) is 19.1 Å². The van der Waals surface area contributed by atoms with Crippen molar-refractivity contribution in [1.82, 2.24) is 10.6 Å². The summed E-state index contributed by atoms with van der Waals surface area (Å²) >= 11 is 5.78. The van der Waals surface area contributed by atoms with Gasteiger partial charge in [0.1, 0.15) is 6.61 Å². The second kappa shape index (κ2) is 5.69. The number of benzene rings is 1. The number of nitrogens with one attached hydrogen (secondary N) is 2. The van der Waals surface area contributed by atoms with Crippen molar-refractivity contribution in [3.05, 3.63) is 34.9 Å². The molecule has 1 aliphatic heterocycles. The predicted molar refractivity (Wildman–Crippen MR) is 70.5 cm³/mol. The number of halogens is 1. The number of rotatable bonds is 5. The van der Waals surface area contributed by atoms with Crippen LogP contribution in [-0.2, 0) is 16.1 Å². The quantitative estimate of drug-likeness (QED) is 0.847. The Hall–Kier alpha value is -1.10. The van der Waals surface area contributed by atoms with E-state index in [1.165, 1.54) is 0 Å². The summed E-state index contributed by atoms with van der Waals surface area (Å²) in [5.41, 5.74) is 0.835. The van der Waals surface area contributed by atoms with Gasteiger partial charge >= 0.3 is 0 Å². The van der Waals surface area contributed by atoms with Gasteiger partial charge in [0.2, 0.25) is 5.91 Å². The van der Waals surface area contributed by atoms with Gasteiger partial charge in [0, 0.05) is 24.7 Å². The lowest BCUT2D eigenvalue weighted by molar-refractivity contribution is -0.136. The average Bonchev–Trinajstić information content (AvgIpc) is 2.33. The molecule has 0 unspecified atom stereocenters. The number of hydrogen-bond donors (Lipinski definition) is 2. The standard InChI is InChI=1S/C13H17ClN2O2/c1-13(8-15-9-13)18-7-12(17)16-6-10-2-4-11(14)5-3-10/h2-5,15H,6-9H2,1H3,(H,16,17). The molecule has 4 nitrogen and oxygen atoms in total. The lowest BCUT2D eigenvalue weighted by Crippen LogP contribution is -2.59. The average molecular weight is 269 g/mol.